The zero-order chi connectivity index (χ0) is 10.1. The number of hydrogen-bond donors (Lipinski definition) is 2. The molecule has 1 saturated carbocycles. The van der Waals surface area contributed by atoms with Gasteiger partial charge >= 0.3 is 11.9 Å². The minimum Gasteiger partial charge on any atom is -0.473 e. The molecule has 1 aliphatic carbocycles. The first-order valence-corrected chi connectivity index (χ1v) is 4.61. The SMILES string of the molecule is C1CCCCCC1.O=C(O)C(=O)O. The molecule has 0 radical (unpaired) electrons. The van der Waals surface area contributed by atoms with Crippen molar-refractivity contribution in [1.82, 2.24) is 0 Å². The van der Waals surface area contributed by atoms with Crippen molar-refractivity contribution < 1.29 is 19.8 Å². The highest BCUT2D eigenvalue weighted by Crippen LogP contribution is 2.15. The summed E-state index contributed by atoms with van der Waals surface area (Å²) in [5, 5.41) is 14.8. The zero-order valence-corrected chi connectivity index (χ0v) is 7.66. The van der Waals surface area contributed by atoms with Crippen molar-refractivity contribution >= 4 is 11.9 Å². The molecular weight excluding hydrogens is 172 g/mol. The second-order valence-corrected chi connectivity index (χ2v) is 3.09. The molecule has 1 fully saturated rings. The van der Waals surface area contributed by atoms with Crippen LogP contribution < -0.4 is 0 Å². The van der Waals surface area contributed by atoms with Gasteiger partial charge in [-0.2, -0.15) is 0 Å². The van der Waals surface area contributed by atoms with E-state index in [4.69, 9.17) is 19.8 Å². The quantitative estimate of drug-likeness (QED) is 0.449. The molecule has 0 aromatic carbocycles. The minimum absolute atomic E-state index is 1.50. The van der Waals surface area contributed by atoms with Crippen molar-refractivity contribution in [3.05, 3.63) is 0 Å². The zero-order valence-electron chi connectivity index (χ0n) is 7.66. The van der Waals surface area contributed by atoms with E-state index >= 15 is 0 Å². The fraction of sp³-hybridized carbons (Fsp3) is 0.778. The van der Waals surface area contributed by atoms with E-state index in [0.717, 1.165) is 0 Å². The van der Waals surface area contributed by atoms with Crippen LogP contribution in [0.3, 0.4) is 0 Å². The van der Waals surface area contributed by atoms with Crippen LogP contribution in [0.1, 0.15) is 44.9 Å². The molecule has 0 aromatic rings. The summed E-state index contributed by atoms with van der Waals surface area (Å²) in [5.74, 6) is -3.65. The number of carboxylic acids is 2. The van der Waals surface area contributed by atoms with E-state index in [-0.39, 0.29) is 0 Å². The molecule has 2 N–H and O–H groups in total. The van der Waals surface area contributed by atoms with Gasteiger partial charge in [-0.05, 0) is 0 Å². The van der Waals surface area contributed by atoms with E-state index in [1.807, 2.05) is 0 Å². The van der Waals surface area contributed by atoms with Gasteiger partial charge in [0.15, 0.2) is 0 Å². The predicted molar refractivity (Wildman–Crippen MR) is 47.6 cm³/mol. The van der Waals surface area contributed by atoms with Gasteiger partial charge in [0.1, 0.15) is 0 Å². The Kier molecular flexibility index (Phi) is 6.96. The van der Waals surface area contributed by atoms with Crippen LogP contribution in [-0.4, -0.2) is 22.2 Å². The fourth-order valence-corrected chi connectivity index (χ4v) is 1.24. The molecule has 0 aliphatic heterocycles. The lowest BCUT2D eigenvalue weighted by Crippen LogP contribution is -2.09. The monoisotopic (exact) mass is 188 g/mol. The van der Waals surface area contributed by atoms with Crippen LogP contribution in [0, 0.1) is 0 Å². The second kappa shape index (κ2) is 7.58. The largest absolute Gasteiger partial charge is 0.473 e. The third-order valence-electron chi connectivity index (χ3n) is 1.93. The summed E-state index contributed by atoms with van der Waals surface area (Å²) < 4.78 is 0. The maximum absolute atomic E-state index is 9.10. The summed E-state index contributed by atoms with van der Waals surface area (Å²) in [7, 11) is 0. The van der Waals surface area contributed by atoms with Crippen LogP contribution in [0.25, 0.3) is 0 Å². The molecule has 0 spiro atoms. The first-order chi connectivity index (χ1) is 6.14. The van der Waals surface area contributed by atoms with E-state index in [2.05, 4.69) is 0 Å². The molecule has 1 rings (SSSR count). The van der Waals surface area contributed by atoms with Gasteiger partial charge in [-0.15, -0.1) is 0 Å². The Morgan fingerprint density at radius 2 is 0.769 bits per heavy atom. The first kappa shape index (κ1) is 11.9. The number of rotatable bonds is 0. The molecule has 0 aromatic heterocycles. The fourth-order valence-electron chi connectivity index (χ4n) is 1.24. The molecule has 0 bridgehead atoms. The lowest BCUT2D eigenvalue weighted by molar-refractivity contribution is -0.159. The molecule has 0 amide bonds. The molecule has 13 heavy (non-hydrogen) atoms. The van der Waals surface area contributed by atoms with Crippen LogP contribution in [0.4, 0.5) is 0 Å². The van der Waals surface area contributed by atoms with Crippen LogP contribution in [0.15, 0.2) is 0 Å². The lowest BCUT2D eigenvalue weighted by atomic mass is 10.2. The van der Waals surface area contributed by atoms with Crippen LogP contribution in [-0.2, 0) is 9.59 Å². The van der Waals surface area contributed by atoms with Gasteiger partial charge in [-0.25, -0.2) is 9.59 Å². The summed E-state index contributed by atoms with van der Waals surface area (Å²) in [6.07, 6.45) is 10.5. The average Bonchev–Trinajstić information content (AvgIpc) is 2.35. The smallest absolute Gasteiger partial charge is 0.414 e. The highest BCUT2D eigenvalue weighted by molar-refractivity contribution is 6.27. The first-order valence-electron chi connectivity index (χ1n) is 4.61. The lowest BCUT2D eigenvalue weighted by Gasteiger charge is -1.85. The van der Waals surface area contributed by atoms with Crippen LogP contribution >= 0.6 is 0 Å². The van der Waals surface area contributed by atoms with Crippen LogP contribution in [0.2, 0.25) is 0 Å². The molecule has 1 aliphatic rings. The Morgan fingerprint density at radius 3 is 0.846 bits per heavy atom. The van der Waals surface area contributed by atoms with Crippen molar-refractivity contribution in [2.45, 2.75) is 44.9 Å². The van der Waals surface area contributed by atoms with Crippen molar-refractivity contribution in [1.29, 1.82) is 0 Å². The molecule has 0 saturated heterocycles. The van der Waals surface area contributed by atoms with Gasteiger partial charge < -0.3 is 10.2 Å². The second-order valence-electron chi connectivity index (χ2n) is 3.09. The standard InChI is InChI=1S/C7H14.C2H2O4/c1-2-4-6-7-5-3-1;3-1(4)2(5)6/h1-7H2;(H,3,4)(H,5,6). The van der Waals surface area contributed by atoms with Crippen LogP contribution in [0.5, 0.6) is 0 Å². The summed E-state index contributed by atoms with van der Waals surface area (Å²) >= 11 is 0. The van der Waals surface area contributed by atoms with Crippen molar-refractivity contribution in [2.75, 3.05) is 0 Å². The summed E-state index contributed by atoms with van der Waals surface area (Å²) in [4.78, 5) is 18.2. The maximum atomic E-state index is 9.10. The molecule has 0 unspecified atom stereocenters. The van der Waals surface area contributed by atoms with E-state index in [0.29, 0.717) is 0 Å². The Hall–Kier alpha value is -1.06. The Balaban J connectivity index is 0.000000226. The predicted octanol–water partition coefficient (Wildman–Crippen LogP) is 1.89. The maximum Gasteiger partial charge on any atom is 0.414 e. The summed E-state index contributed by atoms with van der Waals surface area (Å²) in [6, 6.07) is 0. The van der Waals surface area contributed by atoms with E-state index < -0.39 is 11.9 Å². The Labute approximate surface area is 77.6 Å². The van der Waals surface area contributed by atoms with Crippen molar-refractivity contribution in [3.63, 3.8) is 0 Å². The van der Waals surface area contributed by atoms with Gasteiger partial charge in [0.2, 0.25) is 0 Å². The Bertz CT molecular complexity index is 133. The summed E-state index contributed by atoms with van der Waals surface area (Å²) in [6.45, 7) is 0. The number of aliphatic carboxylic acids is 2. The summed E-state index contributed by atoms with van der Waals surface area (Å²) in [5.41, 5.74) is 0. The topological polar surface area (TPSA) is 74.6 Å². The highest BCUT2D eigenvalue weighted by Gasteiger charge is 2.04. The van der Waals surface area contributed by atoms with Crippen molar-refractivity contribution in [3.8, 4) is 0 Å². The van der Waals surface area contributed by atoms with Crippen molar-refractivity contribution in [2.24, 2.45) is 0 Å². The molecule has 4 nitrogen and oxygen atoms in total. The third-order valence-corrected chi connectivity index (χ3v) is 1.93. The van der Waals surface area contributed by atoms with E-state index in [1.165, 1.54) is 44.9 Å². The van der Waals surface area contributed by atoms with Gasteiger partial charge in [0.25, 0.3) is 0 Å². The average molecular weight is 188 g/mol. The minimum atomic E-state index is -1.82. The van der Waals surface area contributed by atoms with E-state index in [1.54, 1.807) is 0 Å². The van der Waals surface area contributed by atoms with Gasteiger partial charge in [0, 0.05) is 0 Å². The van der Waals surface area contributed by atoms with Gasteiger partial charge in [-0.1, -0.05) is 44.9 Å². The van der Waals surface area contributed by atoms with E-state index in [9.17, 15) is 0 Å². The van der Waals surface area contributed by atoms with Gasteiger partial charge in [0.05, 0.1) is 0 Å². The molecule has 4 heteroatoms. The number of carbonyl (C=O) groups is 2. The number of hydrogen-bond acceptors (Lipinski definition) is 2. The molecule has 0 atom stereocenters. The van der Waals surface area contributed by atoms with Gasteiger partial charge in [-0.3, -0.25) is 0 Å². The molecular formula is C9H16O4. The highest BCUT2D eigenvalue weighted by atomic mass is 16.4. The Morgan fingerprint density at radius 1 is 0.615 bits per heavy atom. The number of carboxylic acid groups (broad SMARTS) is 2. The molecule has 0 heterocycles. The molecule has 76 valence electrons. The normalized spacial score (nSPS) is 16.3. The third kappa shape index (κ3) is 8.85.